The first-order valence-corrected chi connectivity index (χ1v) is 14.1. The van der Waals surface area contributed by atoms with Crippen LogP contribution in [0.2, 0.25) is 0 Å². The number of rotatable bonds is 6. The van der Waals surface area contributed by atoms with Crippen molar-refractivity contribution in [1.29, 1.82) is 0 Å². The minimum Gasteiger partial charge on any atom is -0.386 e. The van der Waals surface area contributed by atoms with Crippen molar-refractivity contribution in [2.75, 3.05) is 6.54 Å². The molecule has 1 aliphatic carbocycles. The first-order valence-electron chi connectivity index (χ1n) is 14.1. The molecule has 7 nitrogen and oxygen atoms in total. The van der Waals surface area contributed by atoms with Crippen LogP contribution < -0.4 is 10.6 Å². The SMILES string of the molecule is CC(C)(C)NC(=O)N1CCc2c(-c3cncc(C(C)(C)O)c3)ccc(CNC(=O)C3C[C@@H]3c3ccccc3)c2C1. The van der Waals surface area contributed by atoms with Crippen LogP contribution in [0.4, 0.5) is 4.79 Å². The van der Waals surface area contributed by atoms with E-state index in [-0.39, 0.29) is 29.3 Å². The van der Waals surface area contributed by atoms with Gasteiger partial charge in [-0.2, -0.15) is 0 Å². The van der Waals surface area contributed by atoms with Crippen molar-refractivity contribution in [3.05, 3.63) is 88.7 Å². The average Bonchev–Trinajstić information content (AvgIpc) is 3.72. The highest BCUT2D eigenvalue weighted by Crippen LogP contribution is 2.47. The molecule has 1 unspecified atom stereocenters. The third-order valence-corrected chi connectivity index (χ3v) is 7.84. The summed E-state index contributed by atoms with van der Waals surface area (Å²) in [5.41, 5.74) is 5.85. The molecule has 3 N–H and O–H groups in total. The number of hydrogen-bond acceptors (Lipinski definition) is 4. The Bertz CT molecular complexity index is 1410. The predicted molar refractivity (Wildman–Crippen MR) is 156 cm³/mol. The van der Waals surface area contributed by atoms with E-state index in [1.54, 1.807) is 20.0 Å². The number of hydrogen-bond donors (Lipinski definition) is 3. The van der Waals surface area contributed by atoms with E-state index in [0.29, 0.717) is 26.1 Å². The topological polar surface area (TPSA) is 94.6 Å². The Labute approximate surface area is 237 Å². The summed E-state index contributed by atoms with van der Waals surface area (Å²) in [4.78, 5) is 32.4. The number of nitrogens with one attached hydrogen (secondary N) is 2. The second-order valence-corrected chi connectivity index (χ2v) is 12.7. The lowest BCUT2D eigenvalue weighted by atomic mass is 9.87. The van der Waals surface area contributed by atoms with Gasteiger partial charge in [-0.25, -0.2) is 4.79 Å². The molecule has 2 heterocycles. The molecule has 2 aliphatic rings. The number of aliphatic hydroxyl groups is 1. The van der Waals surface area contributed by atoms with E-state index in [0.717, 1.165) is 39.8 Å². The zero-order valence-corrected chi connectivity index (χ0v) is 24.1. The monoisotopic (exact) mass is 540 g/mol. The van der Waals surface area contributed by atoms with Crippen molar-refractivity contribution < 1.29 is 14.7 Å². The van der Waals surface area contributed by atoms with Gasteiger partial charge in [0.05, 0.1) is 5.60 Å². The predicted octanol–water partition coefficient (Wildman–Crippen LogP) is 5.26. The van der Waals surface area contributed by atoms with Crippen LogP contribution in [0.1, 0.15) is 74.8 Å². The Morgan fingerprint density at radius 2 is 1.77 bits per heavy atom. The number of urea groups is 1. The number of carbonyl (C=O) groups is 2. The number of aromatic nitrogens is 1. The molecule has 2 atom stereocenters. The number of carbonyl (C=O) groups excluding carboxylic acids is 2. The lowest BCUT2D eigenvalue weighted by Gasteiger charge is -2.34. The fourth-order valence-corrected chi connectivity index (χ4v) is 5.54. The minimum atomic E-state index is -1.00. The molecule has 210 valence electrons. The third-order valence-electron chi connectivity index (χ3n) is 7.84. The molecular weight excluding hydrogens is 500 g/mol. The van der Waals surface area contributed by atoms with Crippen molar-refractivity contribution in [2.24, 2.45) is 5.92 Å². The Balaban J connectivity index is 1.41. The quantitative estimate of drug-likeness (QED) is 0.397. The molecule has 5 rings (SSSR count). The van der Waals surface area contributed by atoms with Crippen LogP contribution in [0.15, 0.2) is 60.9 Å². The molecule has 0 bridgehead atoms. The van der Waals surface area contributed by atoms with Crippen molar-refractivity contribution in [1.82, 2.24) is 20.5 Å². The zero-order valence-electron chi connectivity index (χ0n) is 24.1. The van der Waals surface area contributed by atoms with E-state index in [4.69, 9.17) is 0 Å². The van der Waals surface area contributed by atoms with Crippen molar-refractivity contribution in [3.63, 3.8) is 0 Å². The van der Waals surface area contributed by atoms with Gasteiger partial charge in [0.25, 0.3) is 0 Å². The molecule has 0 spiro atoms. The van der Waals surface area contributed by atoms with Gasteiger partial charge < -0.3 is 20.6 Å². The van der Waals surface area contributed by atoms with E-state index in [2.05, 4.69) is 39.9 Å². The fraction of sp³-hybridized carbons (Fsp3) is 0.424. The van der Waals surface area contributed by atoms with Crippen LogP contribution in [-0.4, -0.2) is 39.0 Å². The van der Waals surface area contributed by atoms with Crippen LogP contribution in [0.3, 0.4) is 0 Å². The zero-order chi connectivity index (χ0) is 28.7. The molecule has 7 heteroatoms. The summed E-state index contributed by atoms with van der Waals surface area (Å²) < 4.78 is 0. The van der Waals surface area contributed by atoms with Crippen molar-refractivity contribution in [3.8, 4) is 11.1 Å². The van der Waals surface area contributed by atoms with Crippen LogP contribution in [0.5, 0.6) is 0 Å². The molecule has 40 heavy (non-hydrogen) atoms. The molecular formula is C33H40N4O3. The first-order chi connectivity index (χ1) is 18.9. The number of benzene rings is 2. The molecule has 1 saturated carbocycles. The second kappa shape index (κ2) is 10.7. The summed E-state index contributed by atoms with van der Waals surface area (Å²) in [7, 11) is 0. The Morgan fingerprint density at radius 1 is 1.02 bits per heavy atom. The number of fused-ring (bicyclic) bond motifs is 1. The van der Waals surface area contributed by atoms with Crippen LogP contribution in [-0.2, 0) is 29.9 Å². The van der Waals surface area contributed by atoms with E-state index in [1.165, 1.54) is 5.56 Å². The van der Waals surface area contributed by atoms with E-state index in [9.17, 15) is 14.7 Å². The standard InChI is InChI=1S/C33H40N4O3/c1-32(2,3)36-31(39)37-14-13-26-25(23-15-24(19-34-17-23)33(4,5)40)12-11-22(29(26)20-37)18-35-30(38)28-16-27(28)21-9-7-6-8-10-21/h6-12,15,17,19,27-28,40H,13-14,16,18,20H2,1-5H3,(H,35,38)(H,36,39)/t27-,28?/m1/s1. The Kier molecular flexibility index (Phi) is 7.44. The van der Waals surface area contributed by atoms with Crippen molar-refractivity contribution >= 4 is 11.9 Å². The highest BCUT2D eigenvalue weighted by molar-refractivity contribution is 5.83. The van der Waals surface area contributed by atoms with Gasteiger partial charge in [0.2, 0.25) is 5.91 Å². The molecule has 3 amide bonds. The summed E-state index contributed by atoms with van der Waals surface area (Å²) in [6.07, 6.45) is 5.08. The summed E-state index contributed by atoms with van der Waals surface area (Å²) in [6.45, 7) is 10.9. The maximum Gasteiger partial charge on any atom is 0.318 e. The normalized spacial score (nSPS) is 18.6. The highest BCUT2D eigenvalue weighted by atomic mass is 16.3. The summed E-state index contributed by atoms with van der Waals surface area (Å²) in [5.74, 6) is 0.360. The first kappa shape index (κ1) is 27.8. The van der Waals surface area contributed by atoms with Gasteiger partial charge in [0.1, 0.15) is 0 Å². The van der Waals surface area contributed by atoms with Gasteiger partial charge in [0.15, 0.2) is 0 Å². The Morgan fingerprint density at radius 3 is 2.48 bits per heavy atom. The minimum absolute atomic E-state index is 0.00205. The lowest BCUT2D eigenvalue weighted by Crippen LogP contribution is -2.50. The summed E-state index contributed by atoms with van der Waals surface area (Å²) >= 11 is 0. The van der Waals surface area contributed by atoms with Crippen LogP contribution >= 0.6 is 0 Å². The fourth-order valence-electron chi connectivity index (χ4n) is 5.54. The van der Waals surface area contributed by atoms with E-state index >= 15 is 0 Å². The summed E-state index contributed by atoms with van der Waals surface area (Å²) in [5, 5.41) is 16.8. The number of amides is 3. The second-order valence-electron chi connectivity index (χ2n) is 12.7. The molecule has 1 aromatic heterocycles. The van der Waals surface area contributed by atoms with E-state index in [1.807, 2.05) is 56.1 Å². The lowest BCUT2D eigenvalue weighted by molar-refractivity contribution is -0.122. The van der Waals surface area contributed by atoms with Crippen LogP contribution in [0, 0.1) is 5.92 Å². The van der Waals surface area contributed by atoms with Gasteiger partial charge in [-0.3, -0.25) is 9.78 Å². The van der Waals surface area contributed by atoms with Gasteiger partial charge in [0, 0.05) is 54.6 Å². The van der Waals surface area contributed by atoms with Gasteiger partial charge in [-0.15, -0.1) is 0 Å². The number of pyridine rings is 1. The highest BCUT2D eigenvalue weighted by Gasteiger charge is 2.43. The average molecular weight is 541 g/mol. The third kappa shape index (κ3) is 6.20. The Hall–Kier alpha value is -3.71. The maximum absolute atomic E-state index is 13.1. The molecule has 2 aromatic carbocycles. The van der Waals surface area contributed by atoms with Gasteiger partial charge >= 0.3 is 6.03 Å². The molecule has 1 aliphatic heterocycles. The van der Waals surface area contributed by atoms with Crippen molar-refractivity contribution in [2.45, 2.75) is 77.6 Å². The molecule has 1 fully saturated rings. The largest absolute Gasteiger partial charge is 0.386 e. The smallest absolute Gasteiger partial charge is 0.318 e. The van der Waals surface area contributed by atoms with Gasteiger partial charge in [-0.1, -0.05) is 42.5 Å². The number of nitrogens with zero attached hydrogens (tertiary/aromatic N) is 2. The molecule has 0 saturated heterocycles. The molecule has 0 radical (unpaired) electrons. The maximum atomic E-state index is 13.1. The van der Waals surface area contributed by atoms with Gasteiger partial charge in [-0.05, 0) is 87.3 Å². The summed E-state index contributed by atoms with van der Waals surface area (Å²) in [6, 6.07) is 16.2. The van der Waals surface area contributed by atoms with E-state index < -0.39 is 5.60 Å². The molecule has 3 aromatic rings. The van der Waals surface area contributed by atoms with Crippen LogP contribution in [0.25, 0.3) is 11.1 Å².